The largest absolute Gasteiger partial charge is 0.326 e. The number of hydrogen-bond acceptors (Lipinski definition) is 2. The molecular formula is C20H19ClF2N2O2. The molecule has 0 bridgehead atoms. The minimum Gasteiger partial charge on any atom is -0.326 e. The zero-order chi connectivity index (χ0) is 19.4. The van der Waals surface area contributed by atoms with Gasteiger partial charge in [-0.25, -0.2) is 8.78 Å². The number of carbonyl (C=O) groups is 2. The smallest absolute Gasteiger partial charge is 0.227 e. The second-order valence-electron chi connectivity index (χ2n) is 6.63. The Bertz CT molecular complexity index is 831. The Balaban J connectivity index is 1.53. The predicted molar refractivity (Wildman–Crippen MR) is 101 cm³/mol. The summed E-state index contributed by atoms with van der Waals surface area (Å²) in [6, 6.07) is 10.3. The maximum atomic E-state index is 13.7. The molecule has 0 unspecified atom stereocenters. The molecule has 7 heteroatoms. The van der Waals surface area contributed by atoms with E-state index in [9.17, 15) is 18.4 Å². The van der Waals surface area contributed by atoms with Crippen molar-refractivity contribution in [2.75, 3.05) is 10.6 Å². The first-order valence-corrected chi connectivity index (χ1v) is 9.13. The highest BCUT2D eigenvalue weighted by molar-refractivity contribution is 6.30. The average molecular weight is 393 g/mol. The standard InChI is InChI=1S/C20H19ClF2N2O2/c21-14-3-1-4-15(11-14)24-19(26)12-7-9-13(10-8-12)20(27)25-18-16(22)5-2-6-17(18)23/h1-6,11-13H,7-10H2,(H,24,26)(H,25,27). The second-order valence-corrected chi connectivity index (χ2v) is 7.07. The summed E-state index contributed by atoms with van der Waals surface area (Å²) in [5.74, 6) is -2.74. The van der Waals surface area contributed by atoms with Crippen molar-refractivity contribution in [1.82, 2.24) is 0 Å². The molecule has 0 aliphatic heterocycles. The fraction of sp³-hybridized carbons (Fsp3) is 0.300. The Morgan fingerprint density at radius 1 is 0.852 bits per heavy atom. The summed E-state index contributed by atoms with van der Waals surface area (Å²) in [5, 5.41) is 5.70. The number of halogens is 3. The molecule has 142 valence electrons. The van der Waals surface area contributed by atoms with Crippen molar-refractivity contribution >= 4 is 34.8 Å². The van der Waals surface area contributed by atoms with Crippen molar-refractivity contribution in [3.63, 3.8) is 0 Å². The number of anilines is 2. The first-order chi connectivity index (χ1) is 12.9. The van der Waals surface area contributed by atoms with Gasteiger partial charge in [0.25, 0.3) is 0 Å². The Labute approximate surface area is 160 Å². The van der Waals surface area contributed by atoms with Crippen molar-refractivity contribution in [3.05, 3.63) is 59.1 Å². The number of nitrogens with one attached hydrogen (secondary N) is 2. The zero-order valence-corrected chi connectivity index (χ0v) is 15.2. The third-order valence-corrected chi connectivity index (χ3v) is 5.01. The van der Waals surface area contributed by atoms with Crippen LogP contribution in [0, 0.1) is 23.5 Å². The maximum Gasteiger partial charge on any atom is 0.227 e. The molecule has 2 aromatic rings. The minimum atomic E-state index is -0.807. The lowest BCUT2D eigenvalue weighted by atomic mass is 9.81. The van der Waals surface area contributed by atoms with Crippen LogP contribution in [0.25, 0.3) is 0 Å². The van der Waals surface area contributed by atoms with Gasteiger partial charge in [0.2, 0.25) is 11.8 Å². The summed E-state index contributed by atoms with van der Waals surface area (Å²) in [7, 11) is 0. The highest BCUT2D eigenvalue weighted by Crippen LogP contribution is 2.31. The van der Waals surface area contributed by atoms with Gasteiger partial charge in [0.05, 0.1) is 0 Å². The molecule has 0 radical (unpaired) electrons. The number of hydrogen-bond donors (Lipinski definition) is 2. The lowest BCUT2D eigenvalue weighted by molar-refractivity contribution is -0.125. The van der Waals surface area contributed by atoms with E-state index in [1.165, 1.54) is 6.07 Å². The molecule has 2 N–H and O–H groups in total. The lowest BCUT2D eigenvalue weighted by Crippen LogP contribution is -2.32. The first-order valence-electron chi connectivity index (χ1n) is 8.75. The Hall–Kier alpha value is -2.47. The van der Waals surface area contributed by atoms with Crippen molar-refractivity contribution in [3.8, 4) is 0 Å². The van der Waals surface area contributed by atoms with Gasteiger partial charge in [0, 0.05) is 22.5 Å². The second kappa shape index (κ2) is 8.48. The zero-order valence-electron chi connectivity index (χ0n) is 14.5. The molecular weight excluding hydrogens is 374 g/mol. The monoisotopic (exact) mass is 392 g/mol. The van der Waals surface area contributed by atoms with Crippen LogP contribution < -0.4 is 10.6 Å². The van der Waals surface area contributed by atoms with Crippen molar-refractivity contribution in [2.24, 2.45) is 11.8 Å². The van der Waals surface area contributed by atoms with Crippen LogP contribution in [-0.4, -0.2) is 11.8 Å². The molecule has 0 spiro atoms. The normalized spacial score (nSPS) is 19.4. The van der Waals surface area contributed by atoms with Gasteiger partial charge in [-0.1, -0.05) is 23.7 Å². The average Bonchev–Trinajstić information content (AvgIpc) is 2.65. The summed E-state index contributed by atoms with van der Waals surface area (Å²) < 4.78 is 27.3. The molecule has 3 rings (SSSR count). The highest BCUT2D eigenvalue weighted by Gasteiger charge is 2.30. The third kappa shape index (κ3) is 4.83. The molecule has 1 fully saturated rings. The van der Waals surface area contributed by atoms with Crippen LogP contribution >= 0.6 is 11.6 Å². The number of amides is 2. The van der Waals surface area contributed by atoms with Crippen LogP contribution in [0.4, 0.5) is 20.2 Å². The Kier molecular flexibility index (Phi) is 6.06. The number of carbonyl (C=O) groups excluding carboxylic acids is 2. The van der Waals surface area contributed by atoms with E-state index >= 15 is 0 Å². The molecule has 2 amide bonds. The van der Waals surface area contributed by atoms with Crippen LogP contribution in [0.15, 0.2) is 42.5 Å². The summed E-state index contributed by atoms with van der Waals surface area (Å²) in [6.45, 7) is 0. The molecule has 0 aromatic heterocycles. The van der Waals surface area contributed by atoms with Crippen LogP contribution in [0.2, 0.25) is 5.02 Å². The molecule has 27 heavy (non-hydrogen) atoms. The topological polar surface area (TPSA) is 58.2 Å². The van der Waals surface area contributed by atoms with Gasteiger partial charge in [-0.3, -0.25) is 9.59 Å². The quantitative estimate of drug-likeness (QED) is 0.769. The van der Waals surface area contributed by atoms with Gasteiger partial charge in [0.1, 0.15) is 17.3 Å². The summed E-state index contributed by atoms with van der Waals surface area (Å²) in [4.78, 5) is 24.7. The van der Waals surface area contributed by atoms with Crippen LogP contribution in [0.1, 0.15) is 25.7 Å². The van der Waals surface area contributed by atoms with E-state index in [2.05, 4.69) is 10.6 Å². The Morgan fingerprint density at radius 2 is 1.37 bits per heavy atom. The molecule has 4 nitrogen and oxygen atoms in total. The fourth-order valence-electron chi connectivity index (χ4n) is 3.27. The number of para-hydroxylation sites is 1. The Morgan fingerprint density at radius 3 is 1.93 bits per heavy atom. The lowest BCUT2D eigenvalue weighted by Gasteiger charge is -2.27. The highest BCUT2D eigenvalue weighted by atomic mass is 35.5. The minimum absolute atomic E-state index is 0.115. The predicted octanol–water partition coefficient (Wildman–Crippen LogP) is 5.00. The maximum absolute atomic E-state index is 13.7. The van der Waals surface area contributed by atoms with Gasteiger partial charge < -0.3 is 10.6 Å². The fourth-order valence-corrected chi connectivity index (χ4v) is 3.46. The van der Waals surface area contributed by atoms with E-state index in [1.807, 2.05) is 0 Å². The molecule has 1 aliphatic carbocycles. The van der Waals surface area contributed by atoms with E-state index < -0.39 is 23.2 Å². The van der Waals surface area contributed by atoms with Gasteiger partial charge in [0.15, 0.2) is 0 Å². The first kappa shape index (κ1) is 19.3. The number of rotatable bonds is 4. The van der Waals surface area contributed by atoms with Crippen molar-refractivity contribution in [2.45, 2.75) is 25.7 Å². The summed E-state index contributed by atoms with van der Waals surface area (Å²) >= 11 is 5.91. The summed E-state index contributed by atoms with van der Waals surface area (Å²) in [6.07, 6.45) is 2.03. The van der Waals surface area contributed by atoms with E-state index in [0.717, 1.165) is 12.1 Å². The number of benzene rings is 2. The van der Waals surface area contributed by atoms with Gasteiger partial charge in [-0.15, -0.1) is 0 Å². The van der Waals surface area contributed by atoms with Crippen molar-refractivity contribution < 1.29 is 18.4 Å². The molecule has 1 saturated carbocycles. The van der Waals surface area contributed by atoms with Gasteiger partial charge >= 0.3 is 0 Å². The van der Waals surface area contributed by atoms with Crippen LogP contribution in [-0.2, 0) is 9.59 Å². The molecule has 0 saturated heterocycles. The molecule has 0 atom stereocenters. The van der Waals surface area contributed by atoms with Crippen LogP contribution in [0.3, 0.4) is 0 Å². The summed E-state index contributed by atoms with van der Waals surface area (Å²) in [5.41, 5.74) is 0.200. The molecule has 1 aliphatic rings. The van der Waals surface area contributed by atoms with Crippen molar-refractivity contribution in [1.29, 1.82) is 0 Å². The van der Waals surface area contributed by atoms with Crippen LogP contribution in [0.5, 0.6) is 0 Å². The van der Waals surface area contributed by atoms with E-state index in [-0.39, 0.29) is 17.7 Å². The van der Waals surface area contributed by atoms with Gasteiger partial charge in [-0.05, 0) is 56.0 Å². The van der Waals surface area contributed by atoms with E-state index in [0.29, 0.717) is 36.4 Å². The molecule has 0 heterocycles. The SMILES string of the molecule is O=C(Nc1cccc(Cl)c1)C1CCC(C(=O)Nc2c(F)cccc2F)CC1. The molecule has 2 aromatic carbocycles. The third-order valence-electron chi connectivity index (χ3n) is 4.77. The van der Waals surface area contributed by atoms with Gasteiger partial charge in [-0.2, -0.15) is 0 Å². The van der Waals surface area contributed by atoms with E-state index in [1.54, 1.807) is 24.3 Å². The van der Waals surface area contributed by atoms with E-state index in [4.69, 9.17) is 11.6 Å².